The van der Waals surface area contributed by atoms with E-state index < -0.39 is 12.0 Å². The molecule has 0 spiro atoms. The van der Waals surface area contributed by atoms with Crippen LogP contribution in [0.15, 0.2) is 35.9 Å². The summed E-state index contributed by atoms with van der Waals surface area (Å²) in [4.78, 5) is 27.6. The van der Waals surface area contributed by atoms with Crippen molar-refractivity contribution in [2.75, 3.05) is 6.61 Å². The van der Waals surface area contributed by atoms with Crippen molar-refractivity contribution in [1.29, 1.82) is 0 Å². The van der Waals surface area contributed by atoms with Crippen molar-refractivity contribution in [3.63, 3.8) is 0 Å². The highest BCUT2D eigenvalue weighted by Crippen LogP contribution is 2.36. The number of rotatable bonds is 8. The quantitative estimate of drug-likeness (QED) is 0.473. The number of thiophene rings is 2. The lowest BCUT2D eigenvalue weighted by atomic mass is 9.97. The Kier molecular flexibility index (Phi) is 8.54. The lowest BCUT2D eigenvalue weighted by molar-refractivity contribution is -0.123. The molecule has 2 heterocycles. The van der Waals surface area contributed by atoms with Crippen LogP contribution in [0.2, 0.25) is 0 Å². The maximum absolute atomic E-state index is 12.1. The summed E-state index contributed by atoms with van der Waals surface area (Å²) in [6, 6.07) is 7.45. The molecule has 2 N–H and O–H groups in total. The fraction of sp³-hybridized carbons (Fsp3) is 0.391. The number of allylic oxidation sites excluding steroid dienone is 1. The van der Waals surface area contributed by atoms with Gasteiger partial charge in [-0.05, 0) is 49.6 Å². The first-order valence-corrected chi connectivity index (χ1v) is 11.1. The van der Waals surface area contributed by atoms with E-state index in [0.29, 0.717) is 16.9 Å². The number of Topliss-reactive ketones (excluding diaryl/α,β-unsaturated/α-hetero) is 2. The molecule has 0 aromatic carbocycles. The fourth-order valence-electron chi connectivity index (χ4n) is 2.59. The largest absolute Gasteiger partial charge is 0.395 e. The van der Waals surface area contributed by atoms with Crippen molar-refractivity contribution in [2.24, 2.45) is 11.8 Å². The molecule has 0 unspecified atom stereocenters. The highest BCUT2D eigenvalue weighted by Gasteiger charge is 2.21. The van der Waals surface area contributed by atoms with E-state index >= 15 is 0 Å². The van der Waals surface area contributed by atoms with E-state index in [-0.39, 0.29) is 24.1 Å². The van der Waals surface area contributed by atoms with Gasteiger partial charge in [-0.15, -0.1) is 22.7 Å². The zero-order valence-corrected chi connectivity index (χ0v) is 18.7. The van der Waals surface area contributed by atoms with Crippen LogP contribution in [0.1, 0.15) is 50.0 Å². The monoisotopic (exact) mass is 430 g/mol. The highest BCUT2D eigenvalue weighted by atomic mass is 32.1. The van der Waals surface area contributed by atoms with Crippen molar-refractivity contribution < 1.29 is 19.8 Å². The first-order chi connectivity index (χ1) is 13.8. The first kappa shape index (κ1) is 23.2. The maximum atomic E-state index is 12.1. The summed E-state index contributed by atoms with van der Waals surface area (Å²) in [5, 5.41) is 19.7. The Morgan fingerprint density at radius 2 is 1.79 bits per heavy atom. The molecule has 154 valence electrons. The molecule has 2 aromatic rings. The summed E-state index contributed by atoms with van der Waals surface area (Å²) in [5.41, 5.74) is 0.534. The lowest BCUT2D eigenvalue weighted by Gasteiger charge is -2.07. The predicted molar refractivity (Wildman–Crippen MR) is 119 cm³/mol. The molecule has 0 bridgehead atoms. The lowest BCUT2D eigenvalue weighted by Crippen LogP contribution is -2.18. The highest BCUT2D eigenvalue weighted by molar-refractivity contribution is 7.22. The normalized spacial score (nSPS) is 13.7. The molecule has 0 aliphatic rings. The van der Waals surface area contributed by atoms with Gasteiger partial charge in [-0.3, -0.25) is 9.59 Å². The zero-order valence-electron chi connectivity index (χ0n) is 17.1. The smallest absolute Gasteiger partial charge is 0.192 e. The minimum Gasteiger partial charge on any atom is -0.395 e. The van der Waals surface area contributed by atoms with Crippen molar-refractivity contribution in [1.82, 2.24) is 0 Å². The Morgan fingerprint density at radius 1 is 1.14 bits per heavy atom. The molecule has 4 nitrogen and oxygen atoms in total. The van der Waals surface area contributed by atoms with Crippen LogP contribution < -0.4 is 0 Å². The number of carbonyl (C=O) groups excluding carboxylic acids is 2. The Labute approximate surface area is 179 Å². The molecule has 2 atom stereocenters. The van der Waals surface area contributed by atoms with Gasteiger partial charge in [-0.2, -0.15) is 0 Å². The number of carbonyl (C=O) groups is 2. The average Bonchev–Trinajstić information content (AvgIpc) is 3.35. The van der Waals surface area contributed by atoms with E-state index in [1.165, 1.54) is 22.7 Å². The van der Waals surface area contributed by atoms with Gasteiger partial charge in [0.15, 0.2) is 11.9 Å². The van der Waals surface area contributed by atoms with Gasteiger partial charge in [-0.1, -0.05) is 31.8 Å². The molecule has 0 fully saturated rings. The third-order valence-corrected chi connectivity index (χ3v) is 6.70. The van der Waals surface area contributed by atoms with Crippen LogP contribution in [0.5, 0.6) is 0 Å². The van der Waals surface area contributed by atoms with Crippen LogP contribution >= 0.6 is 22.7 Å². The van der Waals surface area contributed by atoms with Crippen LogP contribution in [-0.4, -0.2) is 28.4 Å². The minimum absolute atomic E-state index is 0.0373. The second-order valence-corrected chi connectivity index (χ2v) is 9.37. The Bertz CT molecular complexity index is 953. The average molecular weight is 431 g/mol. The number of aliphatic hydroxyl groups excluding tert-OH is 2. The van der Waals surface area contributed by atoms with E-state index in [1.54, 1.807) is 26.0 Å². The molecule has 0 aliphatic heterocycles. The van der Waals surface area contributed by atoms with Crippen molar-refractivity contribution in [3.8, 4) is 21.6 Å². The Balaban J connectivity index is 2.14. The van der Waals surface area contributed by atoms with Crippen LogP contribution in [0.25, 0.3) is 9.75 Å². The number of aliphatic hydroxyl groups is 2. The summed E-state index contributed by atoms with van der Waals surface area (Å²) >= 11 is 2.85. The second-order valence-electron chi connectivity index (χ2n) is 7.17. The molecule has 6 heteroatoms. The number of ketones is 2. The van der Waals surface area contributed by atoms with Gasteiger partial charge < -0.3 is 10.2 Å². The summed E-state index contributed by atoms with van der Waals surface area (Å²) in [7, 11) is 0. The second kappa shape index (κ2) is 10.7. The molecule has 0 aliphatic carbocycles. The summed E-state index contributed by atoms with van der Waals surface area (Å²) in [6.07, 6.45) is 0.943. The minimum atomic E-state index is -1.15. The summed E-state index contributed by atoms with van der Waals surface area (Å²) in [6.45, 7) is 7.11. The zero-order chi connectivity index (χ0) is 21.6. The topological polar surface area (TPSA) is 74.6 Å². The van der Waals surface area contributed by atoms with E-state index in [2.05, 4.69) is 11.8 Å². The Hall–Kier alpha value is -2.04. The number of hydrogen-bond acceptors (Lipinski definition) is 6. The molecule has 0 saturated carbocycles. The molecule has 0 amide bonds. The summed E-state index contributed by atoms with van der Waals surface area (Å²) in [5.74, 6) is 5.12. The molecule has 2 rings (SSSR count). The van der Waals surface area contributed by atoms with Crippen LogP contribution in [0.4, 0.5) is 0 Å². The molecule has 0 radical (unpaired) electrons. The molecule has 2 aromatic heterocycles. The van der Waals surface area contributed by atoms with Crippen LogP contribution in [0, 0.1) is 23.7 Å². The van der Waals surface area contributed by atoms with Crippen molar-refractivity contribution in [2.45, 2.75) is 40.2 Å². The Morgan fingerprint density at radius 3 is 2.41 bits per heavy atom. The molecule has 29 heavy (non-hydrogen) atoms. The number of hydrogen-bond donors (Lipinski definition) is 2. The van der Waals surface area contributed by atoms with E-state index in [9.17, 15) is 19.8 Å². The van der Waals surface area contributed by atoms with Crippen LogP contribution in [0.3, 0.4) is 0 Å². The first-order valence-electron chi connectivity index (χ1n) is 9.47. The third-order valence-electron chi connectivity index (χ3n) is 4.37. The van der Waals surface area contributed by atoms with Gasteiger partial charge >= 0.3 is 0 Å². The fourth-order valence-corrected chi connectivity index (χ4v) is 4.54. The van der Waals surface area contributed by atoms with Crippen LogP contribution in [-0.2, 0) is 9.59 Å². The van der Waals surface area contributed by atoms with E-state index in [4.69, 9.17) is 0 Å². The molecular formula is C23H26O4S2. The summed E-state index contributed by atoms with van der Waals surface area (Å²) < 4.78 is 0. The van der Waals surface area contributed by atoms with Gasteiger partial charge in [0.2, 0.25) is 0 Å². The van der Waals surface area contributed by atoms with E-state index in [0.717, 1.165) is 14.6 Å². The predicted octanol–water partition coefficient (Wildman–Crippen LogP) is 4.62. The van der Waals surface area contributed by atoms with Crippen molar-refractivity contribution >= 4 is 34.2 Å². The maximum Gasteiger partial charge on any atom is 0.192 e. The molecular weight excluding hydrogens is 404 g/mol. The van der Waals surface area contributed by atoms with Gasteiger partial charge in [0.05, 0.1) is 11.5 Å². The van der Waals surface area contributed by atoms with Gasteiger partial charge in [0.1, 0.15) is 11.7 Å². The van der Waals surface area contributed by atoms with E-state index in [1.807, 2.05) is 32.0 Å². The third kappa shape index (κ3) is 6.22. The molecule has 0 saturated heterocycles. The standard InChI is InChI=1S/C23H26O4S2/c1-5-15(4)22(26)23(27)21-11-10-20(29-21)19-9-8-17(28-19)7-6-16(13-24)18(25)12-14(2)3/h5,8-11,14,16,23-24,27H,12-13H2,1-4H3/t16-,23+/m0/s1. The SMILES string of the molecule is CC=C(C)C(=O)[C@H](O)c1ccc(-c2ccc(C#C[C@@H](CO)C(=O)CC(C)C)s2)s1. The van der Waals surface area contributed by atoms with Gasteiger partial charge in [-0.25, -0.2) is 0 Å². The van der Waals surface area contributed by atoms with Gasteiger partial charge in [0, 0.05) is 21.1 Å². The van der Waals surface area contributed by atoms with Gasteiger partial charge in [0.25, 0.3) is 0 Å². The van der Waals surface area contributed by atoms with Crippen molar-refractivity contribution in [3.05, 3.63) is 45.7 Å².